The van der Waals surface area contributed by atoms with E-state index in [4.69, 9.17) is 5.11 Å². The van der Waals surface area contributed by atoms with Gasteiger partial charge >= 0.3 is 5.97 Å². The van der Waals surface area contributed by atoms with Gasteiger partial charge in [0, 0.05) is 0 Å². The molecule has 0 amide bonds. The van der Waals surface area contributed by atoms with Gasteiger partial charge in [-0.25, -0.2) is 14.2 Å². The van der Waals surface area contributed by atoms with Gasteiger partial charge in [-0.1, -0.05) is 0 Å². The summed E-state index contributed by atoms with van der Waals surface area (Å²) in [4.78, 5) is 14.2. The van der Waals surface area contributed by atoms with Crippen LogP contribution >= 0.6 is 0 Å². The van der Waals surface area contributed by atoms with E-state index >= 15 is 0 Å². The smallest absolute Gasteiger partial charge is 0.341 e. The maximum atomic E-state index is 12.9. The first-order valence-corrected chi connectivity index (χ1v) is 3.50. The Morgan fingerprint density at radius 1 is 1.69 bits per heavy atom. The van der Waals surface area contributed by atoms with E-state index in [0.29, 0.717) is 0 Å². The Hall–Kier alpha value is -1.65. The number of pyridine rings is 1. The van der Waals surface area contributed by atoms with E-state index in [-0.39, 0.29) is 17.1 Å². The predicted octanol–water partition coefficient (Wildman–Crippen LogP) is 1.24. The van der Waals surface area contributed by atoms with E-state index < -0.39 is 11.8 Å². The van der Waals surface area contributed by atoms with E-state index in [0.717, 1.165) is 6.07 Å². The van der Waals surface area contributed by atoms with Crippen LogP contribution in [0.2, 0.25) is 0 Å². The lowest BCUT2D eigenvalue weighted by molar-refractivity contribution is 0.0691. The number of hydrogen-bond acceptors (Lipinski definition) is 3. The number of aromatic carboxylic acids is 1. The van der Waals surface area contributed by atoms with Gasteiger partial charge in [-0.2, -0.15) is 0 Å². The lowest BCUT2D eigenvalue weighted by Crippen LogP contribution is -2.05. The number of hydrogen-bond donors (Lipinski definition) is 1. The molecule has 0 fully saturated rings. The van der Waals surface area contributed by atoms with E-state index in [1.54, 1.807) is 0 Å². The van der Waals surface area contributed by atoms with Crippen molar-refractivity contribution in [3.05, 3.63) is 23.1 Å². The number of methoxy groups -OCH3 is 1. The Morgan fingerprint density at radius 2 is 2.31 bits per heavy atom. The summed E-state index contributed by atoms with van der Waals surface area (Å²) in [5.41, 5.74) is -0.160. The molecule has 70 valence electrons. The van der Waals surface area contributed by atoms with Gasteiger partial charge in [0.2, 0.25) is 5.88 Å². The third-order valence-electron chi connectivity index (χ3n) is 1.54. The van der Waals surface area contributed by atoms with Crippen molar-refractivity contribution >= 4 is 5.97 Å². The van der Waals surface area contributed by atoms with Crippen molar-refractivity contribution in [2.24, 2.45) is 0 Å². The number of carboxylic acid groups (broad SMARTS) is 1. The van der Waals surface area contributed by atoms with Crippen LogP contribution in [0.4, 0.5) is 4.39 Å². The fraction of sp³-hybridized carbons (Fsp3) is 0.250. The molecular weight excluding hydrogens is 177 g/mol. The molecule has 0 unspecified atom stereocenters. The van der Waals surface area contributed by atoms with Gasteiger partial charge < -0.3 is 9.84 Å². The van der Waals surface area contributed by atoms with Crippen LogP contribution in [0.3, 0.4) is 0 Å². The molecule has 0 radical (unpaired) electrons. The zero-order valence-electron chi connectivity index (χ0n) is 7.17. The molecular formula is C8H8FNO3. The first kappa shape index (κ1) is 9.44. The van der Waals surface area contributed by atoms with Crippen molar-refractivity contribution in [2.75, 3.05) is 7.11 Å². The van der Waals surface area contributed by atoms with Crippen LogP contribution in [0.1, 0.15) is 16.1 Å². The molecule has 0 aromatic carbocycles. The van der Waals surface area contributed by atoms with Gasteiger partial charge in [-0.3, -0.25) is 0 Å². The molecule has 0 atom stereocenters. The van der Waals surface area contributed by atoms with Crippen LogP contribution in [-0.2, 0) is 0 Å². The van der Waals surface area contributed by atoms with E-state index in [1.807, 2.05) is 0 Å². The number of carbonyl (C=O) groups is 1. The van der Waals surface area contributed by atoms with E-state index in [9.17, 15) is 9.18 Å². The summed E-state index contributed by atoms with van der Waals surface area (Å²) in [6.07, 6.45) is 0. The quantitative estimate of drug-likeness (QED) is 0.752. The van der Waals surface area contributed by atoms with Crippen LogP contribution in [0.25, 0.3) is 0 Å². The zero-order chi connectivity index (χ0) is 10.0. The van der Waals surface area contributed by atoms with Gasteiger partial charge in [-0.05, 0) is 13.0 Å². The Kier molecular flexibility index (Phi) is 2.46. The Bertz CT molecular complexity index is 351. The molecule has 1 N–H and O–H groups in total. The number of rotatable bonds is 2. The maximum Gasteiger partial charge on any atom is 0.341 e. The summed E-state index contributed by atoms with van der Waals surface area (Å²) in [5, 5.41) is 8.63. The summed E-state index contributed by atoms with van der Waals surface area (Å²) < 4.78 is 17.6. The minimum Gasteiger partial charge on any atom is -0.480 e. The number of carboxylic acids is 1. The van der Waals surface area contributed by atoms with Crippen molar-refractivity contribution in [3.63, 3.8) is 0 Å². The number of aromatic nitrogens is 1. The molecule has 0 saturated heterocycles. The number of ether oxygens (including phenoxy) is 1. The highest BCUT2D eigenvalue weighted by Gasteiger charge is 2.15. The second-order valence-corrected chi connectivity index (χ2v) is 2.42. The molecule has 0 aliphatic rings. The van der Waals surface area contributed by atoms with Crippen LogP contribution in [-0.4, -0.2) is 23.2 Å². The van der Waals surface area contributed by atoms with Crippen LogP contribution in [0.15, 0.2) is 6.07 Å². The van der Waals surface area contributed by atoms with Gasteiger partial charge in [0.15, 0.2) is 0 Å². The maximum absolute atomic E-state index is 12.9. The van der Waals surface area contributed by atoms with Crippen molar-refractivity contribution in [3.8, 4) is 5.88 Å². The van der Waals surface area contributed by atoms with Gasteiger partial charge in [0.05, 0.1) is 12.8 Å². The predicted molar refractivity (Wildman–Crippen MR) is 42.4 cm³/mol. The third-order valence-corrected chi connectivity index (χ3v) is 1.54. The van der Waals surface area contributed by atoms with Crippen molar-refractivity contribution in [1.29, 1.82) is 0 Å². The summed E-state index contributed by atoms with van der Waals surface area (Å²) in [7, 11) is 1.28. The molecule has 0 bridgehead atoms. The van der Waals surface area contributed by atoms with Gasteiger partial charge in [0.1, 0.15) is 11.4 Å². The van der Waals surface area contributed by atoms with Crippen LogP contribution in [0, 0.1) is 12.7 Å². The molecule has 1 aromatic heterocycles. The molecule has 13 heavy (non-hydrogen) atoms. The van der Waals surface area contributed by atoms with Gasteiger partial charge in [-0.15, -0.1) is 0 Å². The third kappa shape index (κ3) is 1.74. The van der Waals surface area contributed by atoms with Crippen LogP contribution in [0.5, 0.6) is 5.88 Å². The average Bonchev–Trinajstić information content (AvgIpc) is 2.08. The van der Waals surface area contributed by atoms with E-state index in [1.165, 1.54) is 14.0 Å². The average molecular weight is 185 g/mol. The van der Waals surface area contributed by atoms with E-state index in [2.05, 4.69) is 9.72 Å². The molecule has 1 heterocycles. The molecule has 0 spiro atoms. The second kappa shape index (κ2) is 3.38. The number of aryl methyl sites for hydroxylation is 1. The molecule has 4 nitrogen and oxygen atoms in total. The first-order chi connectivity index (χ1) is 6.06. The Labute approximate surface area is 74.0 Å². The van der Waals surface area contributed by atoms with Crippen LogP contribution < -0.4 is 4.74 Å². The topological polar surface area (TPSA) is 59.4 Å². The highest BCUT2D eigenvalue weighted by Crippen LogP contribution is 2.17. The normalized spacial score (nSPS) is 9.77. The monoisotopic (exact) mass is 185 g/mol. The summed E-state index contributed by atoms with van der Waals surface area (Å²) in [6, 6.07) is 0.892. The fourth-order valence-electron chi connectivity index (χ4n) is 0.868. The minimum absolute atomic E-state index is 0.0774. The van der Waals surface area contributed by atoms with Crippen molar-refractivity contribution < 1.29 is 19.0 Å². The molecule has 1 rings (SSSR count). The van der Waals surface area contributed by atoms with Crippen molar-refractivity contribution in [2.45, 2.75) is 6.92 Å². The highest BCUT2D eigenvalue weighted by molar-refractivity contribution is 5.90. The molecule has 0 aliphatic carbocycles. The summed E-state index contributed by atoms with van der Waals surface area (Å²) in [6.45, 7) is 1.43. The molecule has 1 aromatic rings. The van der Waals surface area contributed by atoms with Crippen molar-refractivity contribution in [1.82, 2.24) is 4.98 Å². The minimum atomic E-state index is -1.26. The fourth-order valence-corrected chi connectivity index (χ4v) is 0.868. The lowest BCUT2D eigenvalue weighted by Gasteiger charge is -2.04. The Balaban J connectivity index is 3.33. The first-order valence-electron chi connectivity index (χ1n) is 3.50. The standard InChI is InChI=1S/C8H8FNO3/c1-4-6(9)3-5(8(11)12)7(10-4)13-2/h3H,1-2H3,(H,11,12). The lowest BCUT2D eigenvalue weighted by atomic mass is 10.2. The number of nitrogens with zero attached hydrogens (tertiary/aromatic N) is 1. The summed E-state index contributed by atoms with van der Waals surface area (Å²) >= 11 is 0. The zero-order valence-corrected chi connectivity index (χ0v) is 7.17. The van der Waals surface area contributed by atoms with Gasteiger partial charge in [0.25, 0.3) is 0 Å². The molecule has 5 heteroatoms. The molecule has 0 aliphatic heterocycles. The second-order valence-electron chi connectivity index (χ2n) is 2.42. The highest BCUT2D eigenvalue weighted by atomic mass is 19.1. The SMILES string of the molecule is COc1nc(C)c(F)cc1C(=O)O. The largest absolute Gasteiger partial charge is 0.480 e. The Morgan fingerprint density at radius 3 is 2.77 bits per heavy atom. The number of halogens is 1. The summed E-state index contributed by atoms with van der Waals surface area (Å²) in [5.74, 6) is -1.99. The molecule has 0 saturated carbocycles.